The van der Waals surface area contributed by atoms with Gasteiger partial charge in [0.15, 0.2) is 10.8 Å². The van der Waals surface area contributed by atoms with Gasteiger partial charge in [0.2, 0.25) is 0 Å². The van der Waals surface area contributed by atoms with Crippen molar-refractivity contribution in [3.8, 4) is 0 Å². The minimum atomic E-state index is -0.377. The second kappa shape index (κ2) is 5.35. The van der Waals surface area contributed by atoms with Crippen molar-refractivity contribution in [1.82, 2.24) is 20.0 Å². The van der Waals surface area contributed by atoms with Crippen LogP contribution in [0.25, 0.3) is 5.65 Å². The van der Waals surface area contributed by atoms with Gasteiger partial charge >= 0.3 is 0 Å². The minimum Gasteiger partial charge on any atom is -0.468 e. The third-order valence-electron chi connectivity index (χ3n) is 2.67. The van der Waals surface area contributed by atoms with Crippen LogP contribution >= 0.6 is 11.8 Å². The van der Waals surface area contributed by atoms with E-state index in [0.717, 1.165) is 10.8 Å². The molecule has 0 aliphatic carbocycles. The fourth-order valence-corrected chi connectivity index (χ4v) is 2.53. The maximum atomic E-state index is 11.3. The molecule has 3 rings (SSSR count). The highest BCUT2D eigenvalue weighted by molar-refractivity contribution is 7.98. The van der Waals surface area contributed by atoms with E-state index in [1.165, 1.54) is 18.0 Å². The number of hydrogen-bond donors (Lipinski definition) is 2. The maximum Gasteiger partial charge on any atom is 0.268 e. The number of amides is 1. The first kappa shape index (κ1) is 12.7. The molecule has 7 nitrogen and oxygen atoms in total. The molecule has 0 radical (unpaired) electrons. The number of nitrogens with two attached hydrogens (primary N) is 1. The predicted molar refractivity (Wildman–Crippen MR) is 72.9 cm³/mol. The average molecular weight is 289 g/mol. The fraction of sp³-hybridized carbons (Fsp3) is 0.0833. The highest BCUT2D eigenvalue weighted by atomic mass is 32.2. The van der Waals surface area contributed by atoms with Crippen LogP contribution < -0.4 is 11.3 Å². The molecule has 0 atom stereocenters. The minimum absolute atomic E-state index is 0.377. The van der Waals surface area contributed by atoms with Crippen molar-refractivity contribution in [2.45, 2.75) is 10.9 Å². The van der Waals surface area contributed by atoms with Crippen LogP contribution in [0.15, 0.2) is 46.3 Å². The zero-order valence-corrected chi connectivity index (χ0v) is 11.1. The molecule has 3 N–H and O–H groups in total. The van der Waals surface area contributed by atoms with E-state index < -0.39 is 0 Å². The van der Waals surface area contributed by atoms with Crippen LogP contribution in [0.1, 0.15) is 16.1 Å². The quantitative estimate of drug-likeness (QED) is 0.324. The summed E-state index contributed by atoms with van der Waals surface area (Å²) in [7, 11) is 0. The number of hydrazine groups is 1. The van der Waals surface area contributed by atoms with Crippen LogP contribution in [-0.4, -0.2) is 20.5 Å². The molecule has 3 aromatic rings. The summed E-state index contributed by atoms with van der Waals surface area (Å²) < 4.78 is 7.19. The van der Waals surface area contributed by atoms with E-state index in [-0.39, 0.29) is 5.91 Å². The smallest absolute Gasteiger partial charge is 0.268 e. The predicted octanol–water partition coefficient (Wildman–Crippen LogP) is 1.22. The van der Waals surface area contributed by atoms with E-state index in [1.807, 2.05) is 28.8 Å². The number of fused-ring (bicyclic) bond motifs is 1. The van der Waals surface area contributed by atoms with E-state index >= 15 is 0 Å². The van der Waals surface area contributed by atoms with Gasteiger partial charge in [-0.1, -0.05) is 17.8 Å². The third-order valence-corrected chi connectivity index (χ3v) is 3.64. The van der Waals surface area contributed by atoms with Gasteiger partial charge in [-0.05, 0) is 18.2 Å². The van der Waals surface area contributed by atoms with E-state index in [2.05, 4.69) is 15.6 Å². The lowest BCUT2D eigenvalue weighted by atomic mass is 10.3. The van der Waals surface area contributed by atoms with Crippen molar-refractivity contribution in [3.63, 3.8) is 0 Å². The topological polar surface area (TPSA) is 98.4 Å². The summed E-state index contributed by atoms with van der Waals surface area (Å²) in [6, 6.07) is 7.35. The third kappa shape index (κ3) is 2.38. The first-order valence-electron chi connectivity index (χ1n) is 5.79. The first-order chi connectivity index (χ1) is 9.78. The van der Waals surface area contributed by atoms with Crippen LogP contribution in [-0.2, 0) is 5.75 Å². The van der Waals surface area contributed by atoms with E-state index in [1.54, 1.807) is 6.07 Å². The Morgan fingerprint density at radius 3 is 3.20 bits per heavy atom. The molecule has 3 aromatic heterocycles. The number of hydrogen-bond acceptors (Lipinski definition) is 6. The molecule has 0 saturated heterocycles. The molecular weight excluding hydrogens is 278 g/mol. The molecule has 0 aromatic carbocycles. The number of nitrogens with zero attached hydrogens (tertiary/aromatic N) is 3. The molecule has 0 unspecified atom stereocenters. The van der Waals surface area contributed by atoms with Gasteiger partial charge in [-0.25, -0.2) is 5.84 Å². The first-order valence-corrected chi connectivity index (χ1v) is 6.77. The van der Waals surface area contributed by atoms with Gasteiger partial charge in [-0.3, -0.25) is 14.6 Å². The standard InChI is InChI=1S/C12H11N5O2S/c13-14-11(18)8-5-9(19-6-8)7-20-12-16-15-10-3-1-2-4-17(10)12/h1-6H,7,13H2,(H,14,18). The molecule has 0 saturated carbocycles. The largest absolute Gasteiger partial charge is 0.468 e. The van der Waals surface area contributed by atoms with Crippen LogP contribution in [0.3, 0.4) is 0 Å². The van der Waals surface area contributed by atoms with E-state index in [9.17, 15) is 4.79 Å². The second-order valence-electron chi connectivity index (χ2n) is 3.98. The van der Waals surface area contributed by atoms with Crippen molar-refractivity contribution in [3.05, 3.63) is 48.0 Å². The molecule has 8 heteroatoms. The zero-order chi connectivity index (χ0) is 13.9. The lowest BCUT2D eigenvalue weighted by molar-refractivity contribution is 0.0953. The summed E-state index contributed by atoms with van der Waals surface area (Å²) >= 11 is 1.47. The van der Waals surface area contributed by atoms with Crippen molar-refractivity contribution in [2.24, 2.45) is 5.84 Å². The second-order valence-corrected chi connectivity index (χ2v) is 4.92. The number of aromatic nitrogens is 3. The highest BCUT2D eigenvalue weighted by Gasteiger charge is 2.11. The lowest BCUT2D eigenvalue weighted by Crippen LogP contribution is -2.29. The van der Waals surface area contributed by atoms with Crippen molar-refractivity contribution < 1.29 is 9.21 Å². The molecule has 0 bridgehead atoms. The molecule has 0 spiro atoms. The normalized spacial score (nSPS) is 10.8. The highest BCUT2D eigenvalue weighted by Crippen LogP contribution is 2.22. The van der Waals surface area contributed by atoms with Gasteiger partial charge in [0.1, 0.15) is 12.0 Å². The molecule has 102 valence electrons. The number of nitrogen functional groups attached to an aromatic ring is 1. The van der Waals surface area contributed by atoms with Crippen LogP contribution in [0.4, 0.5) is 0 Å². The number of thioether (sulfide) groups is 1. The van der Waals surface area contributed by atoms with Gasteiger partial charge < -0.3 is 4.42 Å². The molecular formula is C12H11N5O2S. The summed E-state index contributed by atoms with van der Waals surface area (Å²) in [6.07, 6.45) is 3.27. The van der Waals surface area contributed by atoms with Gasteiger partial charge in [0, 0.05) is 6.20 Å². The SMILES string of the molecule is NNC(=O)c1coc(CSc2nnc3ccccn23)c1. The number of rotatable bonds is 4. The lowest BCUT2D eigenvalue weighted by Gasteiger charge is -1.97. The monoisotopic (exact) mass is 289 g/mol. The Morgan fingerprint density at radius 2 is 2.35 bits per heavy atom. The Hall–Kier alpha value is -2.32. The molecule has 3 heterocycles. The molecule has 20 heavy (non-hydrogen) atoms. The van der Waals surface area contributed by atoms with Crippen LogP contribution in [0.5, 0.6) is 0 Å². The fourth-order valence-electron chi connectivity index (χ4n) is 1.71. The van der Waals surface area contributed by atoms with E-state index in [4.69, 9.17) is 10.3 Å². The number of nitrogens with one attached hydrogen (secondary N) is 1. The van der Waals surface area contributed by atoms with E-state index in [0.29, 0.717) is 17.1 Å². The summed E-state index contributed by atoms with van der Waals surface area (Å²) in [5, 5.41) is 8.93. The maximum absolute atomic E-state index is 11.3. The van der Waals surface area contributed by atoms with Crippen LogP contribution in [0, 0.1) is 0 Å². The van der Waals surface area contributed by atoms with Crippen molar-refractivity contribution in [2.75, 3.05) is 0 Å². The number of furan rings is 1. The van der Waals surface area contributed by atoms with Gasteiger partial charge in [-0.15, -0.1) is 10.2 Å². The summed E-state index contributed by atoms with van der Waals surface area (Å²) in [5.41, 5.74) is 3.24. The van der Waals surface area contributed by atoms with Crippen LogP contribution in [0.2, 0.25) is 0 Å². The van der Waals surface area contributed by atoms with Gasteiger partial charge in [-0.2, -0.15) is 0 Å². The molecule has 0 aliphatic rings. The Kier molecular flexibility index (Phi) is 3.40. The number of pyridine rings is 1. The summed E-state index contributed by atoms with van der Waals surface area (Å²) in [5.74, 6) is 5.90. The van der Waals surface area contributed by atoms with Gasteiger partial charge in [0.05, 0.1) is 11.3 Å². The Bertz CT molecular complexity index is 751. The number of carbonyl (C=O) groups is 1. The molecule has 1 amide bonds. The number of carbonyl (C=O) groups excluding carboxylic acids is 1. The zero-order valence-electron chi connectivity index (χ0n) is 10.3. The Labute approximate surface area is 118 Å². The average Bonchev–Trinajstić information content (AvgIpc) is 3.11. The Balaban J connectivity index is 1.73. The van der Waals surface area contributed by atoms with Gasteiger partial charge in [0.25, 0.3) is 5.91 Å². The van der Waals surface area contributed by atoms with Crippen molar-refractivity contribution >= 4 is 23.3 Å². The summed E-state index contributed by atoms with van der Waals surface area (Å²) in [4.78, 5) is 11.3. The van der Waals surface area contributed by atoms with Crippen molar-refractivity contribution in [1.29, 1.82) is 0 Å². The molecule has 0 aliphatic heterocycles. The summed E-state index contributed by atoms with van der Waals surface area (Å²) in [6.45, 7) is 0. The Morgan fingerprint density at radius 1 is 1.45 bits per heavy atom. The molecule has 0 fully saturated rings.